The Labute approximate surface area is 173 Å². The molecule has 3 N–H and O–H groups in total. The summed E-state index contributed by atoms with van der Waals surface area (Å²) in [5.41, 5.74) is 1.64. The normalized spacial score (nSPS) is 12.4. The van der Waals surface area contributed by atoms with Gasteiger partial charge in [-0.15, -0.1) is 0 Å². The minimum atomic E-state index is -3.49. The Morgan fingerprint density at radius 2 is 2.00 bits per heavy atom. The summed E-state index contributed by atoms with van der Waals surface area (Å²) in [5.74, 6) is -0.101. The van der Waals surface area contributed by atoms with E-state index in [1.54, 1.807) is 0 Å². The van der Waals surface area contributed by atoms with Crippen LogP contribution in [0.5, 0.6) is 0 Å². The molecule has 0 aliphatic carbocycles. The zero-order valence-electron chi connectivity index (χ0n) is 15.7. The van der Waals surface area contributed by atoms with E-state index >= 15 is 0 Å². The largest absolute Gasteiger partial charge is 0.354 e. The molecule has 1 rings (SSSR count). The number of anilines is 1. The summed E-state index contributed by atoms with van der Waals surface area (Å²) >= 11 is 4.89. The smallest absolute Gasteiger partial charge is 0.238 e. The van der Waals surface area contributed by atoms with E-state index in [-0.39, 0.29) is 24.6 Å². The van der Waals surface area contributed by atoms with E-state index in [9.17, 15) is 18.0 Å². The zero-order valence-corrected chi connectivity index (χ0v) is 18.9. The van der Waals surface area contributed by atoms with Crippen LogP contribution in [-0.2, 0) is 19.6 Å². The number of amides is 2. The maximum absolute atomic E-state index is 12.3. The third kappa shape index (κ3) is 9.09. The van der Waals surface area contributed by atoms with Gasteiger partial charge in [-0.2, -0.15) is 11.8 Å². The van der Waals surface area contributed by atoms with Crippen molar-refractivity contribution in [1.29, 1.82) is 0 Å². The highest BCUT2D eigenvalue weighted by molar-refractivity contribution is 9.10. The van der Waals surface area contributed by atoms with Gasteiger partial charge in [0.1, 0.15) is 6.04 Å². The SMILES string of the molecule is CCS(=O)(=O)NC(CCSC)C(=O)NCCC(=O)Nc1cc(Br)ccc1C. The Bertz CT molecular complexity index is 757. The van der Waals surface area contributed by atoms with Gasteiger partial charge < -0.3 is 10.6 Å². The van der Waals surface area contributed by atoms with Gasteiger partial charge in [0.25, 0.3) is 0 Å². The molecular formula is C17H26BrN3O4S2. The molecule has 1 aromatic carbocycles. The fourth-order valence-corrected chi connectivity index (χ4v) is 3.80. The molecule has 0 spiro atoms. The van der Waals surface area contributed by atoms with E-state index in [4.69, 9.17) is 0 Å². The van der Waals surface area contributed by atoms with E-state index < -0.39 is 22.0 Å². The van der Waals surface area contributed by atoms with Crippen molar-refractivity contribution < 1.29 is 18.0 Å². The molecule has 10 heteroatoms. The molecule has 1 unspecified atom stereocenters. The lowest BCUT2D eigenvalue weighted by atomic mass is 10.2. The predicted molar refractivity (Wildman–Crippen MR) is 115 cm³/mol. The first-order chi connectivity index (χ1) is 12.7. The molecule has 0 fully saturated rings. The van der Waals surface area contributed by atoms with Crippen LogP contribution in [-0.4, -0.2) is 50.6 Å². The minimum Gasteiger partial charge on any atom is -0.354 e. The number of rotatable bonds is 11. The Kier molecular flexibility index (Phi) is 10.4. The molecule has 0 aliphatic rings. The number of benzene rings is 1. The number of hydrogen-bond donors (Lipinski definition) is 3. The van der Waals surface area contributed by atoms with E-state index in [1.165, 1.54) is 18.7 Å². The van der Waals surface area contributed by atoms with Gasteiger partial charge in [0.15, 0.2) is 0 Å². The van der Waals surface area contributed by atoms with Crippen molar-refractivity contribution in [3.8, 4) is 0 Å². The number of carbonyl (C=O) groups is 2. The van der Waals surface area contributed by atoms with Crippen LogP contribution in [0.1, 0.15) is 25.3 Å². The molecule has 0 radical (unpaired) electrons. The van der Waals surface area contributed by atoms with Crippen LogP contribution in [0.3, 0.4) is 0 Å². The minimum absolute atomic E-state index is 0.0907. The second kappa shape index (κ2) is 11.7. The molecule has 0 saturated heterocycles. The Morgan fingerprint density at radius 3 is 2.63 bits per heavy atom. The van der Waals surface area contributed by atoms with Crippen molar-refractivity contribution in [3.63, 3.8) is 0 Å². The van der Waals surface area contributed by atoms with Crippen molar-refractivity contribution in [1.82, 2.24) is 10.0 Å². The Hall–Kier alpha value is -1.10. The van der Waals surface area contributed by atoms with Gasteiger partial charge >= 0.3 is 0 Å². The summed E-state index contributed by atoms with van der Waals surface area (Å²) in [5, 5.41) is 5.44. The van der Waals surface area contributed by atoms with Gasteiger partial charge in [0.05, 0.1) is 5.75 Å². The Morgan fingerprint density at radius 1 is 1.30 bits per heavy atom. The first-order valence-corrected chi connectivity index (χ1v) is 12.3. The molecule has 27 heavy (non-hydrogen) atoms. The summed E-state index contributed by atoms with van der Waals surface area (Å²) < 4.78 is 26.8. The highest BCUT2D eigenvalue weighted by atomic mass is 79.9. The molecule has 0 aromatic heterocycles. The number of aryl methyl sites for hydroxylation is 1. The number of thioether (sulfide) groups is 1. The number of hydrogen-bond acceptors (Lipinski definition) is 5. The molecule has 1 atom stereocenters. The molecule has 152 valence electrons. The Balaban J connectivity index is 2.54. The molecule has 0 saturated carbocycles. The quantitative estimate of drug-likeness (QED) is 0.451. The fraction of sp³-hybridized carbons (Fsp3) is 0.529. The van der Waals surface area contributed by atoms with Gasteiger partial charge in [-0.05, 0) is 50.0 Å². The van der Waals surface area contributed by atoms with Gasteiger partial charge in [-0.3, -0.25) is 9.59 Å². The standard InChI is InChI=1S/C17H26BrN3O4S2/c1-4-27(24,25)21-14(8-10-26-3)17(23)19-9-7-16(22)20-15-11-13(18)6-5-12(15)2/h5-6,11,14,21H,4,7-10H2,1-3H3,(H,19,23)(H,20,22). The summed E-state index contributed by atoms with van der Waals surface area (Å²) in [6.07, 6.45) is 2.36. The van der Waals surface area contributed by atoms with Gasteiger partial charge in [0, 0.05) is 23.1 Å². The highest BCUT2D eigenvalue weighted by Gasteiger charge is 2.23. The number of carbonyl (C=O) groups excluding carboxylic acids is 2. The van der Waals surface area contributed by atoms with Crippen LogP contribution in [0.2, 0.25) is 0 Å². The lowest BCUT2D eigenvalue weighted by Gasteiger charge is -2.17. The molecule has 7 nitrogen and oxygen atoms in total. The fourth-order valence-electron chi connectivity index (χ4n) is 2.14. The summed E-state index contributed by atoms with van der Waals surface area (Å²) in [6.45, 7) is 3.53. The van der Waals surface area contributed by atoms with E-state index in [1.807, 2.05) is 31.4 Å². The molecular weight excluding hydrogens is 454 g/mol. The van der Waals surface area contributed by atoms with Gasteiger partial charge in [0.2, 0.25) is 21.8 Å². The van der Waals surface area contributed by atoms with Crippen LogP contribution < -0.4 is 15.4 Å². The molecule has 1 aromatic rings. The average Bonchev–Trinajstić information content (AvgIpc) is 2.61. The zero-order chi connectivity index (χ0) is 20.4. The lowest BCUT2D eigenvalue weighted by molar-refractivity contribution is -0.122. The van der Waals surface area contributed by atoms with Crippen LogP contribution in [0, 0.1) is 6.92 Å². The second-order valence-corrected chi connectivity index (χ2v) is 9.85. The maximum atomic E-state index is 12.3. The monoisotopic (exact) mass is 479 g/mol. The molecule has 0 aliphatic heterocycles. The third-order valence-corrected chi connectivity index (χ3v) is 6.29. The average molecular weight is 480 g/mol. The predicted octanol–water partition coefficient (Wildman–Crippen LogP) is 2.26. The molecule has 2 amide bonds. The van der Waals surface area contributed by atoms with Crippen molar-refractivity contribution >= 4 is 55.2 Å². The van der Waals surface area contributed by atoms with Crippen molar-refractivity contribution in [2.24, 2.45) is 0 Å². The van der Waals surface area contributed by atoms with E-state index in [0.717, 1.165) is 10.0 Å². The number of sulfonamides is 1. The highest BCUT2D eigenvalue weighted by Crippen LogP contribution is 2.20. The van der Waals surface area contributed by atoms with Gasteiger partial charge in [-0.25, -0.2) is 13.1 Å². The van der Waals surface area contributed by atoms with Crippen LogP contribution in [0.4, 0.5) is 5.69 Å². The summed E-state index contributed by atoms with van der Waals surface area (Å²) in [7, 11) is -3.49. The topological polar surface area (TPSA) is 104 Å². The first kappa shape index (κ1) is 23.9. The maximum Gasteiger partial charge on any atom is 0.238 e. The van der Waals surface area contributed by atoms with Gasteiger partial charge in [-0.1, -0.05) is 22.0 Å². The van der Waals surface area contributed by atoms with Crippen LogP contribution in [0.15, 0.2) is 22.7 Å². The van der Waals surface area contributed by atoms with Crippen molar-refractivity contribution in [2.75, 3.05) is 29.6 Å². The van der Waals surface area contributed by atoms with Crippen molar-refractivity contribution in [2.45, 2.75) is 32.7 Å². The van der Waals surface area contributed by atoms with E-state index in [0.29, 0.717) is 17.9 Å². The molecule has 0 heterocycles. The number of halogens is 1. The van der Waals surface area contributed by atoms with Crippen molar-refractivity contribution in [3.05, 3.63) is 28.2 Å². The summed E-state index contributed by atoms with van der Waals surface area (Å²) in [4.78, 5) is 24.4. The third-order valence-electron chi connectivity index (χ3n) is 3.75. The summed E-state index contributed by atoms with van der Waals surface area (Å²) in [6, 6.07) is 4.75. The lowest BCUT2D eigenvalue weighted by Crippen LogP contribution is -2.47. The second-order valence-electron chi connectivity index (χ2n) is 5.90. The first-order valence-electron chi connectivity index (χ1n) is 8.51. The number of nitrogens with one attached hydrogen (secondary N) is 3. The van der Waals surface area contributed by atoms with Crippen LogP contribution in [0.25, 0.3) is 0 Å². The molecule has 0 bridgehead atoms. The van der Waals surface area contributed by atoms with Crippen LogP contribution >= 0.6 is 27.7 Å². The van der Waals surface area contributed by atoms with E-state index in [2.05, 4.69) is 31.3 Å².